The molecule has 1 amide bonds. The van der Waals surface area contributed by atoms with E-state index in [1.54, 1.807) is 6.20 Å². The van der Waals surface area contributed by atoms with Gasteiger partial charge in [0.1, 0.15) is 0 Å². The molecule has 0 atom stereocenters. The van der Waals surface area contributed by atoms with Crippen molar-refractivity contribution in [3.05, 3.63) is 41.7 Å². The molecule has 0 bridgehead atoms. The third-order valence-corrected chi connectivity index (χ3v) is 2.17. The zero-order valence-electron chi connectivity index (χ0n) is 9.51. The molecule has 0 radical (unpaired) electrons. The monoisotopic (exact) mass is 234 g/mol. The van der Waals surface area contributed by atoms with E-state index in [4.69, 9.17) is 5.11 Å². The number of aryl methyl sites for hydroxylation is 1. The Morgan fingerprint density at radius 2 is 2.24 bits per heavy atom. The molecule has 1 aromatic heterocycles. The number of carbonyl (C=O) groups is 2. The molecular formula is C12H14N2O3. The van der Waals surface area contributed by atoms with Gasteiger partial charge in [-0.15, -0.1) is 0 Å². The van der Waals surface area contributed by atoms with Gasteiger partial charge >= 0.3 is 5.97 Å². The van der Waals surface area contributed by atoms with Gasteiger partial charge in [-0.1, -0.05) is 13.0 Å². The summed E-state index contributed by atoms with van der Waals surface area (Å²) in [6, 6.07) is 3.79. The number of nitrogens with zero attached hydrogens (tertiary/aromatic N) is 1. The number of hydrogen-bond donors (Lipinski definition) is 2. The zero-order valence-corrected chi connectivity index (χ0v) is 9.51. The highest BCUT2D eigenvalue weighted by Crippen LogP contribution is 2.05. The number of carboxylic acid groups (broad SMARTS) is 1. The number of carbonyl (C=O) groups excluding carboxylic acids is 1. The number of amides is 1. The van der Waals surface area contributed by atoms with Crippen molar-refractivity contribution in [2.24, 2.45) is 0 Å². The molecule has 1 rings (SSSR count). The molecule has 1 aromatic rings. The molecule has 0 aliphatic rings. The Kier molecular flexibility index (Phi) is 4.87. The Hall–Kier alpha value is -2.17. The van der Waals surface area contributed by atoms with Crippen LogP contribution in [0.1, 0.15) is 18.2 Å². The highest BCUT2D eigenvalue weighted by atomic mass is 16.4. The Bertz CT molecular complexity index is 441. The minimum absolute atomic E-state index is 0.298. The molecule has 0 fully saturated rings. The number of carboxylic acids is 1. The summed E-state index contributed by atoms with van der Waals surface area (Å²) < 4.78 is 0. The molecule has 5 heteroatoms. The van der Waals surface area contributed by atoms with E-state index in [-0.39, 0.29) is 0 Å². The fourth-order valence-corrected chi connectivity index (χ4v) is 1.33. The number of nitrogens with one attached hydrogen (secondary N) is 1. The average molecular weight is 234 g/mol. The Morgan fingerprint density at radius 3 is 2.88 bits per heavy atom. The number of hydrogen-bond acceptors (Lipinski definition) is 3. The van der Waals surface area contributed by atoms with Gasteiger partial charge in [-0.3, -0.25) is 9.78 Å². The highest BCUT2D eigenvalue weighted by Gasteiger charge is 2.02. The second-order valence-corrected chi connectivity index (χ2v) is 3.35. The van der Waals surface area contributed by atoms with Crippen LogP contribution in [-0.2, 0) is 22.6 Å². The summed E-state index contributed by atoms with van der Waals surface area (Å²) in [6.45, 7) is 2.31. The van der Waals surface area contributed by atoms with Crippen molar-refractivity contribution in [2.45, 2.75) is 19.9 Å². The van der Waals surface area contributed by atoms with Crippen molar-refractivity contribution in [1.29, 1.82) is 0 Å². The lowest BCUT2D eigenvalue weighted by Crippen LogP contribution is -2.22. The van der Waals surface area contributed by atoms with Gasteiger partial charge in [0.25, 0.3) is 0 Å². The smallest absolute Gasteiger partial charge is 0.328 e. The second kappa shape index (κ2) is 6.42. The van der Waals surface area contributed by atoms with Crippen LogP contribution in [0.4, 0.5) is 0 Å². The van der Waals surface area contributed by atoms with Crippen molar-refractivity contribution in [1.82, 2.24) is 10.3 Å². The van der Waals surface area contributed by atoms with E-state index < -0.39 is 11.9 Å². The van der Waals surface area contributed by atoms with Gasteiger partial charge in [-0.25, -0.2) is 4.79 Å². The van der Waals surface area contributed by atoms with Crippen molar-refractivity contribution in [3.8, 4) is 0 Å². The predicted molar refractivity (Wildman–Crippen MR) is 62.2 cm³/mol. The van der Waals surface area contributed by atoms with E-state index >= 15 is 0 Å². The van der Waals surface area contributed by atoms with Crippen LogP contribution < -0.4 is 5.32 Å². The van der Waals surface area contributed by atoms with Gasteiger partial charge in [-0.05, 0) is 18.1 Å². The summed E-state index contributed by atoms with van der Waals surface area (Å²) in [4.78, 5) is 25.6. The van der Waals surface area contributed by atoms with Crippen LogP contribution in [0.5, 0.6) is 0 Å². The van der Waals surface area contributed by atoms with Crippen LogP contribution in [0.15, 0.2) is 30.5 Å². The van der Waals surface area contributed by atoms with E-state index in [0.29, 0.717) is 6.54 Å². The number of aliphatic carboxylic acids is 1. The largest absolute Gasteiger partial charge is 0.478 e. The molecule has 1 heterocycles. The summed E-state index contributed by atoms with van der Waals surface area (Å²) in [7, 11) is 0. The number of pyridine rings is 1. The van der Waals surface area contributed by atoms with Gasteiger partial charge in [0.05, 0.1) is 12.2 Å². The summed E-state index contributed by atoms with van der Waals surface area (Å²) in [6.07, 6.45) is 4.28. The maximum atomic E-state index is 11.2. The fourth-order valence-electron chi connectivity index (χ4n) is 1.33. The number of aromatic nitrogens is 1. The summed E-state index contributed by atoms with van der Waals surface area (Å²) in [5.41, 5.74) is 1.86. The van der Waals surface area contributed by atoms with Crippen molar-refractivity contribution < 1.29 is 14.7 Å². The minimum atomic E-state index is -1.15. The lowest BCUT2D eigenvalue weighted by atomic mass is 10.1. The first-order valence-electron chi connectivity index (χ1n) is 5.25. The van der Waals surface area contributed by atoms with E-state index in [1.807, 2.05) is 19.1 Å². The Morgan fingerprint density at radius 1 is 1.47 bits per heavy atom. The predicted octanol–water partition coefficient (Wildman–Crippen LogP) is 0.901. The molecule has 0 unspecified atom stereocenters. The molecule has 0 aliphatic heterocycles. The van der Waals surface area contributed by atoms with E-state index in [9.17, 15) is 9.59 Å². The van der Waals surface area contributed by atoms with Crippen molar-refractivity contribution in [3.63, 3.8) is 0 Å². The molecule has 0 spiro atoms. The summed E-state index contributed by atoms with van der Waals surface area (Å²) >= 11 is 0. The fraction of sp³-hybridized carbons (Fsp3) is 0.250. The summed E-state index contributed by atoms with van der Waals surface area (Å²) in [5, 5.41) is 10.9. The number of rotatable bonds is 5. The lowest BCUT2D eigenvalue weighted by molar-refractivity contribution is -0.131. The first-order chi connectivity index (χ1) is 8.13. The SMILES string of the molecule is CCc1cccnc1CNC(=O)/C=C/C(=O)O. The van der Waals surface area contributed by atoms with E-state index in [2.05, 4.69) is 10.3 Å². The van der Waals surface area contributed by atoms with E-state index in [1.165, 1.54) is 0 Å². The molecule has 0 aliphatic carbocycles. The maximum absolute atomic E-state index is 11.2. The normalized spacial score (nSPS) is 10.4. The van der Waals surface area contributed by atoms with E-state index in [0.717, 1.165) is 29.8 Å². The highest BCUT2D eigenvalue weighted by molar-refractivity contribution is 5.93. The second-order valence-electron chi connectivity index (χ2n) is 3.35. The standard InChI is InChI=1S/C12H14N2O3/c1-2-9-4-3-7-13-10(9)8-14-11(15)5-6-12(16)17/h3-7H,2,8H2,1H3,(H,14,15)(H,16,17)/b6-5+. The van der Waals surface area contributed by atoms with Crippen LogP contribution in [-0.4, -0.2) is 22.0 Å². The Balaban J connectivity index is 2.55. The topological polar surface area (TPSA) is 79.3 Å². The minimum Gasteiger partial charge on any atom is -0.478 e. The van der Waals surface area contributed by atoms with Crippen molar-refractivity contribution in [2.75, 3.05) is 0 Å². The molecule has 0 aromatic carbocycles. The van der Waals surface area contributed by atoms with Crippen LogP contribution in [0.3, 0.4) is 0 Å². The van der Waals surface area contributed by atoms with Gasteiger partial charge in [0.2, 0.25) is 5.91 Å². The molecule has 2 N–H and O–H groups in total. The third kappa shape index (κ3) is 4.46. The molecule has 17 heavy (non-hydrogen) atoms. The molecule has 0 saturated carbocycles. The van der Waals surface area contributed by atoms with Crippen molar-refractivity contribution >= 4 is 11.9 Å². The quantitative estimate of drug-likeness (QED) is 0.742. The van der Waals surface area contributed by atoms with Crippen LogP contribution in [0.25, 0.3) is 0 Å². The van der Waals surface area contributed by atoms with Gasteiger partial charge in [0, 0.05) is 18.3 Å². The zero-order chi connectivity index (χ0) is 12.7. The first kappa shape index (κ1) is 12.9. The molecule has 5 nitrogen and oxygen atoms in total. The van der Waals surface area contributed by atoms with Crippen LogP contribution in [0.2, 0.25) is 0 Å². The van der Waals surface area contributed by atoms with Gasteiger partial charge in [0.15, 0.2) is 0 Å². The van der Waals surface area contributed by atoms with Crippen LogP contribution in [0, 0.1) is 0 Å². The van der Waals surface area contributed by atoms with Crippen LogP contribution >= 0.6 is 0 Å². The third-order valence-electron chi connectivity index (χ3n) is 2.17. The molecular weight excluding hydrogens is 220 g/mol. The summed E-state index contributed by atoms with van der Waals surface area (Å²) in [5.74, 6) is -1.59. The molecule has 0 saturated heterocycles. The van der Waals surface area contributed by atoms with Gasteiger partial charge < -0.3 is 10.4 Å². The molecule has 90 valence electrons. The first-order valence-corrected chi connectivity index (χ1v) is 5.25. The Labute approximate surface area is 99.2 Å². The maximum Gasteiger partial charge on any atom is 0.328 e. The average Bonchev–Trinajstić information content (AvgIpc) is 2.34. The van der Waals surface area contributed by atoms with Gasteiger partial charge in [-0.2, -0.15) is 0 Å². The lowest BCUT2D eigenvalue weighted by Gasteiger charge is -2.06.